The van der Waals surface area contributed by atoms with Gasteiger partial charge in [-0.15, -0.1) is 11.3 Å². The molecule has 1 aromatic carbocycles. The molecule has 2 aromatic heterocycles. The Morgan fingerprint density at radius 3 is 2.62 bits per heavy atom. The zero-order chi connectivity index (χ0) is 15.0. The molecule has 0 aliphatic carbocycles. The van der Waals surface area contributed by atoms with Crippen LogP contribution in [-0.4, -0.2) is 17.4 Å². The topological polar surface area (TPSA) is 52.0 Å². The van der Waals surface area contributed by atoms with Crippen LogP contribution in [-0.2, 0) is 10.0 Å². The zero-order valence-corrected chi connectivity index (χ0v) is 12.7. The Hall–Kier alpha value is -1.99. The first-order chi connectivity index (χ1) is 10.00. The summed E-state index contributed by atoms with van der Waals surface area (Å²) < 4.78 is 40.4. The van der Waals surface area contributed by atoms with Crippen LogP contribution in [0.5, 0.6) is 0 Å². The van der Waals surface area contributed by atoms with E-state index < -0.39 is 15.8 Å². The Morgan fingerprint density at radius 2 is 1.95 bits per heavy atom. The molecule has 0 bridgehead atoms. The number of hydrogen-bond acceptors (Lipinski definition) is 4. The van der Waals surface area contributed by atoms with E-state index in [1.54, 1.807) is 30.5 Å². The van der Waals surface area contributed by atoms with Gasteiger partial charge in [0.15, 0.2) is 5.82 Å². The summed E-state index contributed by atoms with van der Waals surface area (Å²) in [5.41, 5.74) is 0.666. The van der Waals surface area contributed by atoms with Crippen LogP contribution < -0.4 is 0 Å². The fourth-order valence-corrected chi connectivity index (χ4v) is 4.43. The first-order valence-corrected chi connectivity index (χ1v) is 8.42. The van der Waals surface area contributed by atoms with Gasteiger partial charge in [0.1, 0.15) is 10.0 Å². The van der Waals surface area contributed by atoms with Crippen molar-refractivity contribution in [1.82, 2.24) is 8.96 Å². The molecule has 0 unspecified atom stereocenters. The van der Waals surface area contributed by atoms with Crippen LogP contribution in [0.25, 0.3) is 11.4 Å². The maximum absolute atomic E-state index is 13.9. The van der Waals surface area contributed by atoms with Crippen molar-refractivity contribution in [1.29, 1.82) is 0 Å². The molecule has 0 saturated heterocycles. The highest BCUT2D eigenvalue weighted by atomic mass is 32.2. The van der Waals surface area contributed by atoms with E-state index in [0.29, 0.717) is 5.69 Å². The molecule has 3 rings (SSSR count). The molecule has 4 nitrogen and oxygen atoms in total. The number of thiophene rings is 1. The molecule has 3 aromatic rings. The Labute approximate surface area is 125 Å². The predicted octanol–water partition coefficient (Wildman–Crippen LogP) is 3.30. The number of rotatable bonds is 3. The number of nitrogens with zero attached hydrogens (tertiary/aromatic N) is 2. The van der Waals surface area contributed by atoms with Crippen molar-refractivity contribution in [3.8, 4) is 11.4 Å². The number of hydrogen-bond donors (Lipinski definition) is 0. The van der Waals surface area contributed by atoms with Crippen molar-refractivity contribution in [2.24, 2.45) is 0 Å². The summed E-state index contributed by atoms with van der Waals surface area (Å²) in [6, 6.07) is 9.15. The molecule has 0 atom stereocenters. The maximum Gasteiger partial charge on any atom is 0.278 e. The fourth-order valence-electron chi connectivity index (χ4n) is 1.99. The summed E-state index contributed by atoms with van der Waals surface area (Å²) >= 11 is 1.11. The lowest BCUT2D eigenvalue weighted by Crippen LogP contribution is -2.12. The van der Waals surface area contributed by atoms with Crippen molar-refractivity contribution in [3.63, 3.8) is 0 Å². The van der Waals surface area contributed by atoms with Crippen molar-refractivity contribution < 1.29 is 12.8 Å². The van der Waals surface area contributed by atoms with Crippen LogP contribution in [0.4, 0.5) is 4.39 Å². The van der Waals surface area contributed by atoms with E-state index in [1.807, 2.05) is 0 Å². The van der Waals surface area contributed by atoms with Crippen LogP contribution in [0.2, 0.25) is 0 Å². The standard InChI is InChI=1S/C14H11FN2O2S2/c1-10-9-17(21(18,19)13-7-4-8-20-13)14(16-10)11-5-2-3-6-12(11)15/h2-9H,1H3. The van der Waals surface area contributed by atoms with Gasteiger partial charge in [0.05, 0.1) is 11.3 Å². The SMILES string of the molecule is Cc1cn(S(=O)(=O)c2cccs2)c(-c2ccccc2F)n1. The summed E-state index contributed by atoms with van der Waals surface area (Å²) in [5, 5.41) is 1.68. The first-order valence-electron chi connectivity index (χ1n) is 6.10. The smallest absolute Gasteiger partial charge is 0.232 e. The Bertz CT molecular complexity index is 884. The van der Waals surface area contributed by atoms with E-state index in [0.717, 1.165) is 15.3 Å². The van der Waals surface area contributed by atoms with Gasteiger partial charge in [-0.1, -0.05) is 18.2 Å². The van der Waals surface area contributed by atoms with Gasteiger partial charge >= 0.3 is 0 Å². The van der Waals surface area contributed by atoms with E-state index in [-0.39, 0.29) is 15.6 Å². The average molecular weight is 322 g/mol. The second-order valence-electron chi connectivity index (χ2n) is 4.42. The average Bonchev–Trinajstić information content (AvgIpc) is 3.08. The molecule has 0 radical (unpaired) electrons. The molecule has 7 heteroatoms. The van der Waals surface area contributed by atoms with Gasteiger partial charge in [0, 0.05) is 6.20 Å². The van der Waals surface area contributed by atoms with Crippen molar-refractivity contribution in [2.75, 3.05) is 0 Å². The molecule has 21 heavy (non-hydrogen) atoms. The van der Waals surface area contributed by atoms with Gasteiger partial charge in [0.25, 0.3) is 10.0 Å². The number of halogens is 1. The van der Waals surface area contributed by atoms with Crippen molar-refractivity contribution in [2.45, 2.75) is 11.1 Å². The van der Waals surface area contributed by atoms with E-state index in [4.69, 9.17) is 0 Å². The third-order valence-electron chi connectivity index (χ3n) is 2.92. The molecule has 0 aliphatic rings. The third-order valence-corrected chi connectivity index (χ3v) is 5.94. The minimum Gasteiger partial charge on any atom is -0.232 e. The Balaban J connectivity index is 2.25. The number of benzene rings is 1. The van der Waals surface area contributed by atoms with Crippen LogP contribution in [0.15, 0.2) is 52.2 Å². The summed E-state index contributed by atoms with van der Waals surface area (Å²) in [6.07, 6.45) is 1.40. The van der Waals surface area contributed by atoms with Crippen LogP contribution in [0.1, 0.15) is 5.69 Å². The number of imidazole rings is 1. The highest BCUT2D eigenvalue weighted by Gasteiger charge is 2.24. The second kappa shape index (κ2) is 5.09. The highest BCUT2D eigenvalue weighted by molar-refractivity contribution is 7.92. The van der Waals surface area contributed by atoms with Crippen LogP contribution in [0.3, 0.4) is 0 Å². The highest BCUT2D eigenvalue weighted by Crippen LogP contribution is 2.27. The Kier molecular flexibility index (Phi) is 3.38. The molecular weight excluding hydrogens is 311 g/mol. The zero-order valence-electron chi connectivity index (χ0n) is 11.0. The summed E-state index contributed by atoms with van der Waals surface area (Å²) in [4.78, 5) is 4.17. The van der Waals surface area contributed by atoms with Gasteiger partial charge in [-0.25, -0.2) is 13.3 Å². The van der Waals surface area contributed by atoms with Gasteiger partial charge in [0.2, 0.25) is 0 Å². The molecule has 0 saturated carbocycles. The lowest BCUT2D eigenvalue weighted by molar-refractivity contribution is 0.589. The monoisotopic (exact) mass is 322 g/mol. The molecule has 0 fully saturated rings. The van der Waals surface area contributed by atoms with Gasteiger partial charge in [-0.05, 0) is 30.5 Å². The van der Waals surface area contributed by atoms with Crippen molar-refractivity contribution >= 4 is 21.4 Å². The minimum atomic E-state index is -3.76. The minimum absolute atomic E-state index is 0.0824. The normalized spacial score (nSPS) is 11.7. The molecule has 0 spiro atoms. The molecule has 0 amide bonds. The lowest BCUT2D eigenvalue weighted by atomic mass is 10.2. The van der Waals surface area contributed by atoms with Crippen molar-refractivity contribution in [3.05, 3.63) is 59.5 Å². The van der Waals surface area contributed by atoms with Gasteiger partial charge in [-0.3, -0.25) is 0 Å². The number of aryl methyl sites for hydroxylation is 1. The molecule has 0 aliphatic heterocycles. The predicted molar refractivity (Wildman–Crippen MR) is 79.3 cm³/mol. The second-order valence-corrected chi connectivity index (χ2v) is 7.41. The number of aromatic nitrogens is 2. The molecule has 108 valence electrons. The molecule has 0 N–H and O–H groups in total. The van der Waals surface area contributed by atoms with E-state index in [9.17, 15) is 12.8 Å². The molecule has 2 heterocycles. The largest absolute Gasteiger partial charge is 0.278 e. The van der Waals surface area contributed by atoms with Gasteiger partial charge in [-0.2, -0.15) is 8.42 Å². The van der Waals surface area contributed by atoms with Gasteiger partial charge < -0.3 is 0 Å². The summed E-state index contributed by atoms with van der Waals surface area (Å²) in [5.74, 6) is -0.426. The van der Waals surface area contributed by atoms with Crippen LogP contribution in [0, 0.1) is 12.7 Å². The quantitative estimate of drug-likeness (QED) is 0.743. The van der Waals surface area contributed by atoms with E-state index in [2.05, 4.69) is 4.98 Å². The molecular formula is C14H11FN2O2S2. The summed E-state index contributed by atoms with van der Waals surface area (Å²) in [7, 11) is -3.76. The fraction of sp³-hybridized carbons (Fsp3) is 0.0714. The summed E-state index contributed by atoms with van der Waals surface area (Å²) in [6.45, 7) is 1.67. The third kappa shape index (κ3) is 2.38. The first kappa shape index (κ1) is 14.0. The van der Waals surface area contributed by atoms with Crippen LogP contribution >= 0.6 is 11.3 Å². The van der Waals surface area contributed by atoms with E-state index in [1.165, 1.54) is 24.4 Å². The van der Waals surface area contributed by atoms with E-state index >= 15 is 0 Å². The maximum atomic E-state index is 13.9. The Morgan fingerprint density at radius 1 is 1.19 bits per heavy atom. The lowest BCUT2D eigenvalue weighted by Gasteiger charge is -2.08.